The molecule has 2 aromatic rings. The van der Waals surface area contributed by atoms with Crippen molar-refractivity contribution < 1.29 is 14.7 Å². The SMILES string of the molecule is CCN1C(=O)[C@](O)(CC(=O)c2ccc(C)cc2)c2cc(Br)ccc21. The first-order chi connectivity index (χ1) is 11.4. The quantitative estimate of drug-likeness (QED) is 0.815. The lowest BCUT2D eigenvalue weighted by atomic mass is 9.88. The number of hydrogen-bond donors (Lipinski definition) is 1. The highest BCUT2D eigenvalue weighted by Crippen LogP contribution is 2.43. The zero-order valence-corrected chi connectivity index (χ0v) is 15.1. The molecular weight excluding hydrogens is 370 g/mol. The first-order valence-electron chi connectivity index (χ1n) is 7.81. The number of anilines is 1. The van der Waals surface area contributed by atoms with Crippen molar-refractivity contribution in [2.75, 3.05) is 11.4 Å². The maximum Gasteiger partial charge on any atom is 0.264 e. The summed E-state index contributed by atoms with van der Waals surface area (Å²) in [5, 5.41) is 11.1. The van der Waals surface area contributed by atoms with Gasteiger partial charge in [0.05, 0.1) is 12.1 Å². The van der Waals surface area contributed by atoms with Crippen LogP contribution in [0.4, 0.5) is 5.69 Å². The van der Waals surface area contributed by atoms with Crippen molar-refractivity contribution in [3.63, 3.8) is 0 Å². The first kappa shape index (κ1) is 16.9. The molecule has 0 bridgehead atoms. The van der Waals surface area contributed by atoms with Crippen LogP contribution in [0.1, 0.15) is 34.8 Å². The van der Waals surface area contributed by atoms with Gasteiger partial charge in [-0.05, 0) is 32.0 Å². The topological polar surface area (TPSA) is 57.6 Å². The second-order valence-corrected chi connectivity index (χ2v) is 6.95. The molecule has 24 heavy (non-hydrogen) atoms. The Balaban J connectivity index is 2.00. The molecule has 1 amide bonds. The van der Waals surface area contributed by atoms with E-state index in [0.29, 0.717) is 23.4 Å². The van der Waals surface area contributed by atoms with Gasteiger partial charge in [0.2, 0.25) is 0 Å². The van der Waals surface area contributed by atoms with E-state index < -0.39 is 11.5 Å². The molecule has 1 aliphatic heterocycles. The van der Waals surface area contributed by atoms with E-state index in [4.69, 9.17) is 0 Å². The third-order valence-electron chi connectivity index (χ3n) is 4.40. The molecule has 1 heterocycles. The number of fused-ring (bicyclic) bond motifs is 1. The highest BCUT2D eigenvalue weighted by Gasteiger charge is 2.50. The lowest BCUT2D eigenvalue weighted by molar-refractivity contribution is -0.135. The van der Waals surface area contributed by atoms with Crippen molar-refractivity contribution >= 4 is 33.3 Å². The van der Waals surface area contributed by atoms with Gasteiger partial charge in [-0.25, -0.2) is 0 Å². The molecule has 5 heteroatoms. The van der Waals surface area contributed by atoms with Gasteiger partial charge in [0.15, 0.2) is 11.4 Å². The fourth-order valence-corrected chi connectivity index (χ4v) is 3.44. The number of Topliss-reactive ketones (excluding diaryl/α,β-unsaturated/α-hetero) is 1. The summed E-state index contributed by atoms with van der Waals surface area (Å²) < 4.78 is 0.758. The fourth-order valence-electron chi connectivity index (χ4n) is 3.08. The molecule has 3 rings (SSSR count). The maximum atomic E-state index is 12.8. The number of ketones is 1. The fraction of sp³-hybridized carbons (Fsp3) is 0.263. The van der Waals surface area contributed by atoms with Crippen LogP contribution in [0.2, 0.25) is 0 Å². The van der Waals surface area contributed by atoms with Crippen molar-refractivity contribution in [3.8, 4) is 0 Å². The number of halogens is 1. The van der Waals surface area contributed by atoms with Crippen molar-refractivity contribution in [2.24, 2.45) is 0 Å². The van der Waals surface area contributed by atoms with Crippen LogP contribution < -0.4 is 4.90 Å². The largest absolute Gasteiger partial charge is 0.375 e. The molecule has 0 aliphatic carbocycles. The predicted octanol–water partition coefficient (Wildman–Crippen LogP) is 3.58. The Bertz CT molecular complexity index is 816. The van der Waals surface area contributed by atoms with Gasteiger partial charge >= 0.3 is 0 Å². The van der Waals surface area contributed by atoms with E-state index >= 15 is 0 Å². The van der Waals surface area contributed by atoms with Crippen LogP contribution in [0.3, 0.4) is 0 Å². The van der Waals surface area contributed by atoms with Gasteiger partial charge in [-0.1, -0.05) is 45.8 Å². The number of carbonyl (C=O) groups is 2. The van der Waals surface area contributed by atoms with Gasteiger partial charge in [0.25, 0.3) is 5.91 Å². The van der Waals surface area contributed by atoms with E-state index in [9.17, 15) is 14.7 Å². The van der Waals surface area contributed by atoms with Gasteiger partial charge in [-0.3, -0.25) is 9.59 Å². The van der Waals surface area contributed by atoms with E-state index in [2.05, 4.69) is 15.9 Å². The van der Waals surface area contributed by atoms with Gasteiger partial charge in [0.1, 0.15) is 0 Å². The Hall–Kier alpha value is -1.98. The zero-order valence-electron chi connectivity index (χ0n) is 13.5. The third kappa shape index (κ3) is 2.68. The van der Waals surface area contributed by atoms with Crippen molar-refractivity contribution in [2.45, 2.75) is 25.9 Å². The molecule has 0 spiro atoms. The maximum absolute atomic E-state index is 12.8. The number of hydrogen-bond acceptors (Lipinski definition) is 3. The first-order valence-corrected chi connectivity index (χ1v) is 8.60. The molecule has 0 aromatic heterocycles. The molecule has 0 saturated heterocycles. The van der Waals surface area contributed by atoms with E-state index in [1.807, 2.05) is 32.0 Å². The average Bonchev–Trinajstić information content (AvgIpc) is 2.76. The molecule has 124 valence electrons. The van der Waals surface area contributed by atoms with E-state index in [0.717, 1.165) is 10.0 Å². The molecule has 1 atom stereocenters. The number of aryl methyl sites for hydroxylation is 1. The van der Waals surface area contributed by atoms with Crippen molar-refractivity contribution in [1.29, 1.82) is 0 Å². The normalized spacial score (nSPS) is 19.5. The summed E-state index contributed by atoms with van der Waals surface area (Å²) in [5.74, 6) is -0.701. The summed E-state index contributed by atoms with van der Waals surface area (Å²) in [5.41, 5.74) is 0.855. The number of rotatable bonds is 4. The van der Waals surface area contributed by atoms with Crippen LogP contribution in [0.25, 0.3) is 0 Å². The summed E-state index contributed by atoms with van der Waals surface area (Å²) in [6.07, 6.45) is -0.269. The van der Waals surface area contributed by atoms with Gasteiger partial charge in [-0.15, -0.1) is 0 Å². The predicted molar refractivity (Wildman–Crippen MR) is 96.2 cm³/mol. The Labute approximate surface area is 149 Å². The Morgan fingerprint density at radius 3 is 2.50 bits per heavy atom. The second-order valence-electron chi connectivity index (χ2n) is 6.04. The molecule has 0 fully saturated rings. The number of carbonyl (C=O) groups excluding carboxylic acids is 2. The van der Waals surface area contributed by atoms with Crippen LogP contribution >= 0.6 is 15.9 Å². The lowest BCUT2D eigenvalue weighted by Gasteiger charge is -2.22. The molecule has 1 aliphatic rings. The van der Waals surface area contributed by atoms with E-state index in [1.54, 1.807) is 24.3 Å². The summed E-state index contributed by atoms with van der Waals surface area (Å²) in [7, 11) is 0. The number of amides is 1. The van der Waals surface area contributed by atoms with Crippen LogP contribution in [0.15, 0.2) is 46.9 Å². The number of nitrogens with zero attached hydrogens (tertiary/aromatic N) is 1. The Morgan fingerprint density at radius 2 is 1.88 bits per heavy atom. The summed E-state index contributed by atoms with van der Waals surface area (Å²) in [6, 6.07) is 12.5. The summed E-state index contributed by atoms with van der Waals surface area (Å²) >= 11 is 3.37. The highest BCUT2D eigenvalue weighted by atomic mass is 79.9. The number of aliphatic hydroxyl groups is 1. The third-order valence-corrected chi connectivity index (χ3v) is 4.89. The van der Waals surface area contributed by atoms with Gasteiger partial charge in [-0.2, -0.15) is 0 Å². The summed E-state index contributed by atoms with van der Waals surface area (Å²) in [4.78, 5) is 26.9. The van der Waals surface area contributed by atoms with Crippen LogP contribution in [0.5, 0.6) is 0 Å². The molecular formula is C19H18BrNO3. The molecule has 1 N–H and O–H groups in total. The molecule has 0 saturated carbocycles. The van der Waals surface area contributed by atoms with Crippen LogP contribution in [-0.4, -0.2) is 23.3 Å². The smallest absolute Gasteiger partial charge is 0.264 e. The molecule has 2 aromatic carbocycles. The Morgan fingerprint density at radius 1 is 1.21 bits per heavy atom. The van der Waals surface area contributed by atoms with Crippen LogP contribution in [-0.2, 0) is 10.4 Å². The average molecular weight is 388 g/mol. The van der Waals surface area contributed by atoms with Crippen LogP contribution in [0, 0.1) is 6.92 Å². The van der Waals surface area contributed by atoms with Gasteiger partial charge < -0.3 is 10.0 Å². The summed E-state index contributed by atoms with van der Waals surface area (Å²) in [6.45, 7) is 4.22. The highest BCUT2D eigenvalue weighted by molar-refractivity contribution is 9.10. The second kappa shape index (κ2) is 6.15. The molecule has 4 nitrogen and oxygen atoms in total. The van der Waals surface area contributed by atoms with E-state index in [-0.39, 0.29) is 12.2 Å². The number of likely N-dealkylation sites (N-methyl/N-ethyl adjacent to an activating group) is 1. The minimum atomic E-state index is -1.82. The lowest BCUT2D eigenvalue weighted by Crippen LogP contribution is -2.41. The van der Waals surface area contributed by atoms with Crippen molar-refractivity contribution in [3.05, 3.63) is 63.6 Å². The minimum Gasteiger partial charge on any atom is -0.375 e. The Kier molecular flexibility index (Phi) is 4.32. The molecule has 0 radical (unpaired) electrons. The molecule has 0 unspecified atom stereocenters. The van der Waals surface area contributed by atoms with E-state index in [1.165, 1.54) is 4.90 Å². The monoisotopic (exact) mass is 387 g/mol. The van der Waals surface area contributed by atoms with Gasteiger partial charge in [0, 0.05) is 22.1 Å². The standard InChI is InChI=1S/C19H18BrNO3/c1-3-21-16-9-8-14(20)10-15(16)19(24,18(21)23)11-17(22)13-6-4-12(2)5-7-13/h4-10,24H,3,11H2,1-2H3/t19-/m0/s1. The number of benzene rings is 2. The minimum absolute atomic E-state index is 0.255. The van der Waals surface area contributed by atoms with Crippen molar-refractivity contribution in [1.82, 2.24) is 0 Å². The zero-order chi connectivity index (χ0) is 17.5.